The van der Waals surface area contributed by atoms with Crippen LogP contribution in [0.5, 0.6) is 11.5 Å². The molecule has 2 unspecified atom stereocenters. The quantitative estimate of drug-likeness (QED) is 0.790. The molecular weight excluding hydrogens is 202 g/mol. The zero-order valence-electron chi connectivity index (χ0n) is 10.3. The second-order valence-corrected chi connectivity index (χ2v) is 4.61. The molecule has 1 aliphatic rings. The summed E-state index contributed by atoms with van der Waals surface area (Å²) in [6.45, 7) is 4.33. The normalized spacial score (nSPS) is 25.2. The molecule has 0 radical (unpaired) electrons. The van der Waals surface area contributed by atoms with Crippen LogP contribution in [0, 0.1) is 0 Å². The van der Waals surface area contributed by atoms with E-state index < -0.39 is 0 Å². The average Bonchev–Trinajstić information content (AvgIpc) is 2.25. The number of benzene rings is 1. The lowest BCUT2D eigenvalue weighted by Gasteiger charge is -2.38. The number of nitrogens with zero attached hydrogens (tertiary/aromatic N) is 1. The minimum Gasteiger partial charge on any atom is -0.507 e. The van der Waals surface area contributed by atoms with E-state index in [0.717, 1.165) is 17.7 Å². The second kappa shape index (κ2) is 3.98. The SMILES string of the molecule is COc1cc(O)c2c(c1)CC(C)N(C)C2C. The highest BCUT2D eigenvalue weighted by molar-refractivity contribution is 5.48. The molecule has 0 saturated carbocycles. The van der Waals surface area contributed by atoms with Gasteiger partial charge in [-0.25, -0.2) is 0 Å². The van der Waals surface area contributed by atoms with Gasteiger partial charge < -0.3 is 9.84 Å². The fourth-order valence-corrected chi connectivity index (χ4v) is 2.48. The topological polar surface area (TPSA) is 32.7 Å². The molecule has 0 spiro atoms. The third-order valence-electron chi connectivity index (χ3n) is 3.69. The number of rotatable bonds is 1. The van der Waals surface area contributed by atoms with Crippen molar-refractivity contribution in [2.24, 2.45) is 0 Å². The van der Waals surface area contributed by atoms with Crippen molar-refractivity contribution in [1.82, 2.24) is 4.90 Å². The Morgan fingerprint density at radius 2 is 2.06 bits per heavy atom. The number of fused-ring (bicyclic) bond motifs is 1. The lowest BCUT2D eigenvalue weighted by Crippen LogP contribution is -2.37. The van der Waals surface area contributed by atoms with Crippen molar-refractivity contribution >= 4 is 0 Å². The molecule has 2 rings (SSSR count). The first-order valence-electron chi connectivity index (χ1n) is 5.66. The van der Waals surface area contributed by atoms with E-state index in [9.17, 15) is 5.11 Å². The largest absolute Gasteiger partial charge is 0.507 e. The molecule has 3 nitrogen and oxygen atoms in total. The number of hydrogen-bond acceptors (Lipinski definition) is 3. The van der Waals surface area contributed by atoms with E-state index in [1.807, 2.05) is 6.07 Å². The van der Waals surface area contributed by atoms with Crippen LogP contribution < -0.4 is 4.74 Å². The molecule has 3 heteroatoms. The maximum atomic E-state index is 10.0. The summed E-state index contributed by atoms with van der Waals surface area (Å²) in [5.41, 5.74) is 2.25. The Labute approximate surface area is 96.6 Å². The molecule has 2 atom stereocenters. The van der Waals surface area contributed by atoms with Crippen LogP contribution in [0.2, 0.25) is 0 Å². The summed E-state index contributed by atoms with van der Waals surface area (Å²) in [7, 11) is 3.73. The minimum absolute atomic E-state index is 0.254. The number of hydrogen-bond donors (Lipinski definition) is 1. The summed E-state index contributed by atoms with van der Waals surface area (Å²) in [5, 5.41) is 10.0. The van der Waals surface area contributed by atoms with Crippen LogP contribution in [0.3, 0.4) is 0 Å². The van der Waals surface area contributed by atoms with Gasteiger partial charge in [0.1, 0.15) is 11.5 Å². The first-order valence-corrected chi connectivity index (χ1v) is 5.66. The Balaban J connectivity index is 2.52. The van der Waals surface area contributed by atoms with Gasteiger partial charge in [-0.2, -0.15) is 0 Å². The van der Waals surface area contributed by atoms with Crippen molar-refractivity contribution in [3.63, 3.8) is 0 Å². The molecule has 0 bridgehead atoms. The van der Waals surface area contributed by atoms with Gasteiger partial charge in [-0.05, 0) is 38.9 Å². The van der Waals surface area contributed by atoms with E-state index in [0.29, 0.717) is 11.8 Å². The molecule has 1 N–H and O–H groups in total. The van der Waals surface area contributed by atoms with Gasteiger partial charge in [-0.1, -0.05) is 0 Å². The molecule has 0 amide bonds. The maximum absolute atomic E-state index is 10.0. The van der Waals surface area contributed by atoms with Crippen LogP contribution >= 0.6 is 0 Å². The van der Waals surface area contributed by atoms with E-state index >= 15 is 0 Å². The molecule has 0 saturated heterocycles. The fraction of sp³-hybridized carbons (Fsp3) is 0.538. The Morgan fingerprint density at radius 3 is 2.69 bits per heavy atom. The monoisotopic (exact) mass is 221 g/mol. The predicted molar refractivity (Wildman–Crippen MR) is 64.0 cm³/mol. The smallest absolute Gasteiger partial charge is 0.124 e. The molecule has 1 aromatic carbocycles. The van der Waals surface area contributed by atoms with Gasteiger partial charge in [0, 0.05) is 23.7 Å². The van der Waals surface area contributed by atoms with Crippen LogP contribution in [-0.2, 0) is 6.42 Å². The van der Waals surface area contributed by atoms with Crippen molar-refractivity contribution in [2.45, 2.75) is 32.4 Å². The van der Waals surface area contributed by atoms with Crippen LogP contribution in [-0.4, -0.2) is 30.2 Å². The van der Waals surface area contributed by atoms with Crippen LogP contribution in [0.25, 0.3) is 0 Å². The molecular formula is C13H19NO2. The number of methoxy groups -OCH3 is 1. The van der Waals surface area contributed by atoms with Gasteiger partial charge >= 0.3 is 0 Å². The average molecular weight is 221 g/mol. The lowest BCUT2D eigenvalue weighted by atomic mass is 9.89. The van der Waals surface area contributed by atoms with Crippen molar-refractivity contribution in [2.75, 3.05) is 14.2 Å². The lowest BCUT2D eigenvalue weighted by molar-refractivity contribution is 0.175. The first kappa shape index (κ1) is 11.3. The van der Waals surface area contributed by atoms with Gasteiger partial charge in [-0.3, -0.25) is 4.90 Å². The zero-order chi connectivity index (χ0) is 11.9. The molecule has 0 aliphatic carbocycles. The Hall–Kier alpha value is -1.22. The Kier molecular flexibility index (Phi) is 2.80. The molecule has 1 aromatic rings. The maximum Gasteiger partial charge on any atom is 0.124 e. The number of likely N-dealkylation sites (N-methyl/N-ethyl adjacent to an activating group) is 1. The van der Waals surface area contributed by atoms with E-state index in [4.69, 9.17) is 4.74 Å². The van der Waals surface area contributed by atoms with Gasteiger partial charge in [0.15, 0.2) is 0 Å². The summed E-state index contributed by atoms with van der Waals surface area (Å²) in [6.07, 6.45) is 0.959. The second-order valence-electron chi connectivity index (χ2n) is 4.61. The van der Waals surface area contributed by atoms with Crippen LogP contribution in [0.15, 0.2) is 12.1 Å². The Bertz CT molecular complexity index is 403. The van der Waals surface area contributed by atoms with E-state index in [1.165, 1.54) is 5.56 Å². The molecule has 0 aromatic heterocycles. The summed E-state index contributed by atoms with van der Waals surface area (Å²) >= 11 is 0. The molecule has 1 aliphatic heterocycles. The number of aromatic hydroxyl groups is 1. The van der Waals surface area contributed by atoms with Gasteiger partial charge in [-0.15, -0.1) is 0 Å². The van der Waals surface area contributed by atoms with Crippen LogP contribution in [0.4, 0.5) is 0 Å². The van der Waals surface area contributed by atoms with Gasteiger partial charge in [0.25, 0.3) is 0 Å². The molecule has 16 heavy (non-hydrogen) atoms. The fourth-order valence-electron chi connectivity index (χ4n) is 2.48. The van der Waals surface area contributed by atoms with Crippen molar-refractivity contribution in [3.05, 3.63) is 23.3 Å². The van der Waals surface area contributed by atoms with Crippen molar-refractivity contribution in [3.8, 4) is 11.5 Å². The molecule has 1 heterocycles. The standard InChI is InChI=1S/C13H19NO2/c1-8-5-10-6-11(16-4)7-12(15)13(10)9(2)14(8)3/h6-9,15H,5H2,1-4H3. The van der Waals surface area contributed by atoms with E-state index in [2.05, 4.69) is 25.8 Å². The highest BCUT2D eigenvalue weighted by atomic mass is 16.5. The van der Waals surface area contributed by atoms with Crippen molar-refractivity contribution < 1.29 is 9.84 Å². The van der Waals surface area contributed by atoms with Gasteiger partial charge in [0.2, 0.25) is 0 Å². The van der Waals surface area contributed by atoms with E-state index in [1.54, 1.807) is 13.2 Å². The Morgan fingerprint density at radius 1 is 1.38 bits per heavy atom. The number of phenolic OH excluding ortho intramolecular Hbond substituents is 1. The minimum atomic E-state index is 0.254. The summed E-state index contributed by atoms with van der Waals surface area (Å²) in [5.74, 6) is 1.08. The third kappa shape index (κ3) is 1.65. The van der Waals surface area contributed by atoms with E-state index in [-0.39, 0.29) is 6.04 Å². The zero-order valence-corrected chi connectivity index (χ0v) is 10.3. The first-order chi connectivity index (χ1) is 7.54. The molecule has 88 valence electrons. The van der Waals surface area contributed by atoms with Crippen molar-refractivity contribution in [1.29, 1.82) is 0 Å². The summed E-state index contributed by atoms with van der Waals surface area (Å²) in [4.78, 5) is 2.29. The predicted octanol–water partition coefficient (Wildman–Crippen LogP) is 2.34. The number of ether oxygens (including phenoxy) is 1. The van der Waals surface area contributed by atoms with Gasteiger partial charge in [0.05, 0.1) is 7.11 Å². The summed E-state index contributed by atoms with van der Waals surface area (Å²) < 4.78 is 5.18. The van der Waals surface area contributed by atoms with Crippen LogP contribution in [0.1, 0.15) is 31.0 Å². The third-order valence-corrected chi connectivity index (χ3v) is 3.69. The highest BCUT2D eigenvalue weighted by Gasteiger charge is 2.29. The molecule has 0 fully saturated rings. The summed E-state index contributed by atoms with van der Waals surface area (Å²) in [6, 6.07) is 4.48. The highest BCUT2D eigenvalue weighted by Crippen LogP contribution is 2.39. The number of phenols is 1.